The summed E-state index contributed by atoms with van der Waals surface area (Å²) < 4.78 is 10.8. The second-order valence-corrected chi connectivity index (χ2v) is 5.30. The zero-order valence-electron chi connectivity index (χ0n) is 11.6. The number of morpholine rings is 1. The third kappa shape index (κ3) is 3.23. The molecule has 2 N–H and O–H groups in total. The Hall–Kier alpha value is -1.30. The number of hydrogen-bond acceptors (Lipinski definition) is 4. The van der Waals surface area contributed by atoms with Gasteiger partial charge in [-0.05, 0) is 25.1 Å². The fourth-order valence-electron chi connectivity index (χ4n) is 2.20. The molecule has 0 aliphatic carbocycles. The number of benzene rings is 1. The Morgan fingerprint density at radius 2 is 2.35 bits per heavy atom. The van der Waals surface area contributed by atoms with Crippen LogP contribution in [0.2, 0.25) is 5.02 Å². The highest BCUT2D eigenvalue weighted by Gasteiger charge is 2.28. The predicted octanol–water partition coefficient (Wildman–Crippen LogP) is 1.54. The van der Waals surface area contributed by atoms with Gasteiger partial charge in [-0.1, -0.05) is 11.6 Å². The lowest BCUT2D eigenvalue weighted by Crippen LogP contribution is -2.51. The molecule has 0 radical (unpaired) electrons. The van der Waals surface area contributed by atoms with Crippen LogP contribution in [0.1, 0.15) is 17.3 Å². The fourth-order valence-corrected chi connectivity index (χ4v) is 2.37. The summed E-state index contributed by atoms with van der Waals surface area (Å²) in [5.74, 6) is 0.404. The van der Waals surface area contributed by atoms with E-state index in [-0.39, 0.29) is 18.1 Å². The molecule has 20 heavy (non-hydrogen) atoms. The van der Waals surface area contributed by atoms with E-state index in [1.54, 1.807) is 23.1 Å². The van der Waals surface area contributed by atoms with Crippen molar-refractivity contribution in [2.24, 2.45) is 5.73 Å². The molecule has 1 fully saturated rings. The quantitative estimate of drug-likeness (QED) is 0.919. The second kappa shape index (κ2) is 6.43. The minimum Gasteiger partial charge on any atom is -0.496 e. The van der Waals surface area contributed by atoms with E-state index in [1.165, 1.54) is 7.11 Å². The molecular weight excluding hydrogens is 280 g/mol. The number of methoxy groups -OCH3 is 1. The lowest BCUT2D eigenvalue weighted by Gasteiger charge is -2.35. The van der Waals surface area contributed by atoms with Gasteiger partial charge in [0.25, 0.3) is 5.91 Å². The first-order valence-corrected chi connectivity index (χ1v) is 6.90. The van der Waals surface area contributed by atoms with E-state index in [9.17, 15) is 4.79 Å². The van der Waals surface area contributed by atoms with Crippen LogP contribution in [0, 0.1) is 0 Å². The Labute approximate surface area is 123 Å². The fraction of sp³-hybridized carbons (Fsp3) is 0.500. The Balaban J connectivity index is 2.20. The molecule has 1 heterocycles. The number of carbonyl (C=O) groups excluding carboxylic acids is 1. The highest BCUT2D eigenvalue weighted by Crippen LogP contribution is 2.25. The molecular formula is C14H19ClN2O3. The lowest BCUT2D eigenvalue weighted by atomic mass is 10.1. The van der Waals surface area contributed by atoms with E-state index in [2.05, 4.69) is 0 Å². The maximum atomic E-state index is 12.6. The highest BCUT2D eigenvalue weighted by molar-refractivity contribution is 6.31. The predicted molar refractivity (Wildman–Crippen MR) is 77.3 cm³/mol. The summed E-state index contributed by atoms with van der Waals surface area (Å²) in [6, 6.07) is 4.89. The molecule has 1 amide bonds. The van der Waals surface area contributed by atoms with Gasteiger partial charge in [-0.15, -0.1) is 0 Å². The first kappa shape index (κ1) is 15.1. The number of carbonyl (C=O) groups is 1. The van der Waals surface area contributed by atoms with Gasteiger partial charge >= 0.3 is 0 Å². The number of nitrogens with two attached hydrogens (primary N) is 1. The molecule has 2 atom stereocenters. The van der Waals surface area contributed by atoms with Crippen molar-refractivity contribution in [3.05, 3.63) is 28.8 Å². The standard InChI is InChI=1S/C14H19ClN2O3/c1-9(16)13-8-17(5-6-20-13)14(18)11-7-10(15)3-4-12(11)19-2/h3-4,7,9,13H,5-6,8,16H2,1-2H3. The zero-order chi connectivity index (χ0) is 14.7. The van der Waals surface area contributed by atoms with Crippen LogP contribution in [0.25, 0.3) is 0 Å². The molecule has 0 spiro atoms. The third-order valence-electron chi connectivity index (χ3n) is 3.36. The van der Waals surface area contributed by atoms with Crippen LogP contribution in [-0.4, -0.2) is 49.8 Å². The van der Waals surface area contributed by atoms with Gasteiger partial charge in [0.05, 0.1) is 25.4 Å². The minimum absolute atomic E-state index is 0.113. The molecule has 0 saturated carbocycles. The van der Waals surface area contributed by atoms with Crippen LogP contribution >= 0.6 is 11.6 Å². The van der Waals surface area contributed by atoms with Crippen LogP contribution in [0.15, 0.2) is 18.2 Å². The topological polar surface area (TPSA) is 64.8 Å². The van der Waals surface area contributed by atoms with Gasteiger partial charge in [-0.3, -0.25) is 4.79 Å². The Morgan fingerprint density at radius 3 is 3.00 bits per heavy atom. The van der Waals surface area contributed by atoms with Gasteiger partial charge in [0.1, 0.15) is 5.75 Å². The molecule has 1 aliphatic rings. The van der Waals surface area contributed by atoms with Crippen molar-refractivity contribution < 1.29 is 14.3 Å². The van der Waals surface area contributed by atoms with Crippen LogP contribution < -0.4 is 10.5 Å². The number of nitrogens with zero attached hydrogens (tertiary/aromatic N) is 1. The maximum absolute atomic E-state index is 12.6. The van der Waals surface area contributed by atoms with Gasteiger partial charge in [-0.25, -0.2) is 0 Å². The number of rotatable bonds is 3. The molecule has 1 aromatic rings. The van der Waals surface area contributed by atoms with E-state index in [0.29, 0.717) is 36.0 Å². The molecule has 1 aliphatic heterocycles. The van der Waals surface area contributed by atoms with Crippen molar-refractivity contribution in [2.45, 2.75) is 19.1 Å². The van der Waals surface area contributed by atoms with Crippen molar-refractivity contribution in [3.8, 4) is 5.75 Å². The van der Waals surface area contributed by atoms with Crippen molar-refractivity contribution in [2.75, 3.05) is 26.8 Å². The summed E-state index contributed by atoms with van der Waals surface area (Å²) in [7, 11) is 1.53. The van der Waals surface area contributed by atoms with Gasteiger partial charge in [0, 0.05) is 24.2 Å². The zero-order valence-corrected chi connectivity index (χ0v) is 12.4. The monoisotopic (exact) mass is 298 g/mol. The van der Waals surface area contributed by atoms with E-state index < -0.39 is 0 Å². The minimum atomic E-state index is -0.141. The number of halogens is 1. The average Bonchev–Trinajstić information content (AvgIpc) is 2.46. The SMILES string of the molecule is COc1ccc(Cl)cc1C(=O)N1CCOC(C(C)N)C1. The molecule has 2 unspecified atom stereocenters. The second-order valence-electron chi connectivity index (χ2n) is 4.86. The Kier molecular flexibility index (Phi) is 4.86. The molecule has 2 rings (SSSR count). The Bertz CT molecular complexity index is 493. The van der Waals surface area contributed by atoms with Crippen LogP contribution in [0.4, 0.5) is 0 Å². The summed E-state index contributed by atoms with van der Waals surface area (Å²) in [6.07, 6.45) is -0.141. The first-order valence-electron chi connectivity index (χ1n) is 6.53. The smallest absolute Gasteiger partial charge is 0.257 e. The largest absolute Gasteiger partial charge is 0.496 e. The normalized spacial score (nSPS) is 20.6. The van der Waals surface area contributed by atoms with E-state index >= 15 is 0 Å². The van der Waals surface area contributed by atoms with Gasteiger partial charge in [-0.2, -0.15) is 0 Å². The molecule has 6 heteroatoms. The molecule has 5 nitrogen and oxygen atoms in total. The van der Waals surface area contributed by atoms with E-state index in [0.717, 1.165) is 0 Å². The van der Waals surface area contributed by atoms with Gasteiger partial charge < -0.3 is 20.1 Å². The lowest BCUT2D eigenvalue weighted by molar-refractivity contribution is -0.0300. The van der Waals surface area contributed by atoms with Crippen LogP contribution in [0.3, 0.4) is 0 Å². The summed E-state index contributed by atoms with van der Waals surface area (Å²) in [5, 5.41) is 0.506. The number of hydrogen-bond donors (Lipinski definition) is 1. The molecule has 0 bridgehead atoms. The molecule has 1 aromatic carbocycles. The molecule has 0 aromatic heterocycles. The van der Waals surface area contributed by atoms with Crippen molar-refractivity contribution in [1.29, 1.82) is 0 Å². The molecule has 110 valence electrons. The van der Waals surface area contributed by atoms with Crippen molar-refractivity contribution in [1.82, 2.24) is 4.90 Å². The maximum Gasteiger partial charge on any atom is 0.257 e. The summed E-state index contributed by atoms with van der Waals surface area (Å²) in [4.78, 5) is 14.3. The number of amides is 1. The summed E-state index contributed by atoms with van der Waals surface area (Å²) in [5.41, 5.74) is 6.30. The van der Waals surface area contributed by atoms with Crippen molar-refractivity contribution in [3.63, 3.8) is 0 Å². The number of ether oxygens (including phenoxy) is 2. The van der Waals surface area contributed by atoms with Crippen LogP contribution in [0.5, 0.6) is 5.75 Å². The van der Waals surface area contributed by atoms with E-state index in [1.807, 2.05) is 6.92 Å². The first-order chi connectivity index (χ1) is 9.52. The van der Waals surface area contributed by atoms with Gasteiger partial charge in [0.2, 0.25) is 0 Å². The van der Waals surface area contributed by atoms with Crippen LogP contribution in [-0.2, 0) is 4.74 Å². The summed E-state index contributed by atoms with van der Waals surface area (Å²) >= 11 is 5.96. The third-order valence-corrected chi connectivity index (χ3v) is 3.59. The highest BCUT2D eigenvalue weighted by atomic mass is 35.5. The average molecular weight is 299 g/mol. The van der Waals surface area contributed by atoms with Gasteiger partial charge in [0.15, 0.2) is 0 Å². The summed E-state index contributed by atoms with van der Waals surface area (Å²) in [6.45, 7) is 3.38. The van der Waals surface area contributed by atoms with E-state index in [4.69, 9.17) is 26.8 Å². The Morgan fingerprint density at radius 1 is 1.60 bits per heavy atom. The molecule has 1 saturated heterocycles. The van der Waals surface area contributed by atoms with Crippen molar-refractivity contribution >= 4 is 17.5 Å².